The van der Waals surface area contributed by atoms with E-state index < -0.39 is 24.1 Å². The van der Waals surface area contributed by atoms with Gasteiger partial charge >= 0.3 is 5.97 Å². The van der Waals surface area contributed by atoms with Crippen LogP contribution in [0.15, 0.2) is 12.3 Å². The van der Waals surface area contributed by atoms with E-state index in [2.05, 4.69) is 25.3 Å². The average Bonchev–Trinajstić information content (AvgIpc) is 3.47. The molecule has 3 amide bonds. The highest BCUT2D eigenvalue weighted by Gasteiger charge is 2.42. The van der Waals surface area contributed by atoms with Gasteiger partial charge < -0.3 is 34.6 Å². The molecular weight excluding hydrogens is 544 g/mol. The number of amides is 3. The average molecular weight is 593 g/mol. The minimum Gasteiger partial charge on any atom is -0.468 e. The fraction of sp³-hybridized carbons (Fsp3) is 0.724. The number of ether oxygens (including phenoxy) is 3. The highest BCUT2D eigenvalue weighted by atomic mass is 16.5. The molecule has 2 rings (SSSR count). The molecule has 1 saturated heterocycles. The van der Waals surface area contributed by atoms with Gasteiger partial charge in [-0.3, -0.25) is 19.2 Å². The van der Waals surface area contributed by atoms with E-state index in [9.17, 15) is 19.2 Å². The van der Waals surface area contributed by atoms with Crippen molar-refractivity contribution in [3.63, 3.8) is 0 Å². The fourth-order valence-electron chi connectivity index (χ4n) is 5.53. The van der Waals surface area contributed by atoms with Crippen molar-refractivity contribution in [3.8, 4) is 0 Å². The quantitative estimate of drug-likeness (QED) is 0.270. The Morgan fingerprint density at radius 1 is 1.14 bits per heavy atom. The van der Waals surface area contributed by atoms with Crippen molar-refractivity contribution in [1.29, 1.82) is 0 Å². The molecule has 0 spiro atoms. The van der Waals surface area contributed by atoms with Crippen molar-refractivity contribution in [1.82, 2.24) is 25.1 Å². The van der Waals surface area contributed by atoms with Crippen molar-refractivity contribution >= 4 is 29.6 Å². The van der Waals surface area contributed by atoms with E-state index >= 15 is 0 Å². The molecule has 6 atom stereocenters. The molecule has 1 fully saturated rings. The number of nitrogens with one attached hydrogen (secondary N) is 2. The van der Waals surface area contributed by atoms with Gasteiger partial charge in [0.1, 0.15) is 6.54 Å². The second kappa shape index (κ2) is 17.0. The zero-order valence-electron chi connectivity index (χ0n) is 26.2. The topological polar surface area (TPSA) is 152 Å². The van der Waals surface area contributed by atoms with Crippen molar-refractivity contribution < 1.29 is 33.4 Å². The molecule has 1 aromatic rings. The first-order valence-electron chi connectivity index (χ1n) is 14.5. The Hall–Kier alpha value is -3.32. The number of aryl methyl sites for hydroxylation is 1. The summed E-state index contributed by atoms with van der Waals surface area (Å²) in [6.07, 6.45) is 2.79. The predicted molar refractivity (Wildman–Crippen MR) is 156 cm³/mol. The van der Waals surface area contributed by atoms with Gasteiger partial charge in [0.2, 0.25) is 23.7 Å². The van der Waals surface area contributed by atoms with Gasteiger partial charge in [-0.1, -0.05) is 27.2 Å². The van der Waals surface area contributed by atoms with Gasteiger partial charge in [-0.05, 0) is 31.7 Å². The first kappa shape index (κ1) is 34.9. The van der Waals surface area contributed by atoms with Gasteiger partial charge in [0.05, 0.1) is 50.3 Å². The minimum atomic E-state index is -0.613. The van der Waals surface area contributed by atoms with Crippen LogP contribution >= 0.6 is 0 Å². The van der Waals surface area contributed by atoms with Crippen molar-refractivity contribution in [2.45, 2.75) is 77.7 Å². The highest BCUT2D eigenvalue weighted by molar-refractivity contribution is 5.84. The molecule has 1 aromatic heterocycles. The van der Waals surface area contributed by atoms with E-state index in [1.807, 2.05) is 20.8 Å². The number of hydrogen-bond donors (Lipinski definition) is 2. The predicted octanol–water partition coefficient (Wildman–Crippen LogP) is 1.41. The largest absolute Gasteiger partial charge is 0.468 e. The van der Waals surface area contributed by atoms with Crippen LogP contribution in [0.3, 0.4) is 0 Å². The molecule has 42 heavy (non-hydrogen) atoms. The third-order valence-corrected chi connectivity index (χ3v) is 8.13. The summed E-state index contributed by atoms with van der Waals surface area (Å²) in [6.45, 7) is 7.92. The number of carbonyl (C=O) groups excluding carboxylic acids is 4. The lowest BCUT2D eigenvalue weighted by Crippen LogP contribution is -2.54. The molecule has 0 saturated carbocycles. The lowest BCUT2D eigenvalue weighted by atomic mass is 9.90. The summed E-state index contributed by atoms with van der Waals surface area (Å²) in [5.41, 5.74) is 0.788. The summed E-state index contributed by atoms with van der Waals surface area (Å²) in [5.74, 6) is -1.41. The third-order valence-electron chi connectivity index (χ3n) is 8.13. The molecule has 0 aliphatic carbocycles. The van der Waals surface area contributed by atoms with E-state index in [1.165, 1.54) is 14.2 Å². The Bertz CT molecular complexity index is 1060. The molecule has 0 bridgehead atoms. The zero-order valence-corrected chi connectivity index (χ0v) is 26.2. The molecule has 0 radical (unpaired) electrons. The summed E-state index contributed by atoms with van der Waals surface area (Å²) in [4.78, 5) is 63.0. The lowest BCUT2D eigenvalue weighted by molar-refractivity contribution is -0.146. The number of nitrogens with zero attached hydrogens (tertiary/aromatic N) is 4. The number of methoxy groups -OCH3 is 3. The van der Waals surface area contributed by atoms with Gasteiger partial charge in [0, 0.05) is 39.7 Å². The molecular formula is C29H48N6O7. The first-order chi connectivity index (χ1) is 20.0. The maximum atomic E-state index is 13.7. The van der Waals surface area contributed by atoms with E-state index in [1.54, 1.807) is 43.1 Å². The summed E-state index contributed by atoms with van der Waals surface area (Å²) >= 11 is 0. The second-order valence-electron chi connectivity index (χ2n) is 10.8. The summed E-state index contributed by atoms with van der Waals surface area (Å²) in [6, 6.07) is 1.09. The Kier molecular flexibility index (Phi) is 14.1. The van der Waals surface area contributed by atoms with Crippen LogP contribution in [0.4, 0.5) is 5.95 Å². The standard InChI is InChI=1S/C29H48N6O7/c1-9-18(2)26(34(5)24(37)16-32-29-30-13-12-19(3)33-29)22(40-6)15-23(36)35-14-10-11-21(35)27(42-8)20(4)28(39)31-17-25(38)41-7/h12-13,18,20-22,26-27H,9-11,14-17H2,1-8H3,(H,31,39)(H,30,32,33). The monoisotopic (exact) mass is 592 g/mol. The maximum absolute atomic E-state index is 13.7. The maximum Gasteiger partial charge on any atom is 0.325 e. The van der Waals surface area contributed by atoms with Crippen LogP contribution in [-0.4, -0.2) is 116 Å². The number of rotatable bonds is 16. The van der Waals surface area contributed by atoms with Crippen LogP contribution in [0.2, 0.25) is 0 Å². The smallest absolute Gasteiger partial charge is 0.325 e. The molecule has 236 valence electrons. The van der Waals surface area contributed by atoms with Crippen LogP contribution in [0.25, 0.3) is 0 Å². The van der Waals surface area contributed by atoms with Crippen LogP contribution < -0.4 is 10.6 Å². The Morgan fingerprint density at radius 2 is 1.86 bits per heavy atom. The molecule has 1 aliphatic heterocycles. The van der Waals surface area contributed by atoms with Crippen molar-refractivity contribution in [2.24, 2.45) is 11.8 Å². The van der Waals surface area contributed by atoms with Gasteiger partial charge in [0.15, 0.2) is 0 Å². The van der Waals surface area contributed by atoms with Crippen LogP contribution in [0.5, 0.6) is 0 Å². The van der Waals surface area contributed by atoms with Gasteiger partial charge in [-0.15, -0.1) is 0 Å². The molecule has 1 aliphatic rings. The normalized spacial score (nSPS) is 18.4. The van der Waals surface area contributed by atoms with Gasteiger partial charge in [-0.25, -0.2) is 9.97 Å². The summed E-state index contributed by atoms with van der Waals surface area (Å²) in [7, 11) is 6.05. The van der Waals surface area contributed by atoms with Crippen LogP contribution in [-0.2, 0) is 33.4 Å². The molecule has 0 aromatic carbocycles. The van der Waals surface area contributed by atoms with Crippen molar-refractivity contribution in [2.75, 3.05) is 53.3 Å². The molecule has 2 N–H and O–H groups in total. The fourth-order valence-corrected chi connectivity index (χ4v) is 5.53. The molecule has 6 unspecified atom stereocenters. The number of aromatic nitrogens is 2. The second-order valence-corrected chi connectivity index (χ2v) is 10.8. The van der Waals surface area contributed by atoms with E-state index in [0.717, 1.165) is 18.5 Å². The first-order valence-corrected chi connectivity index (χ1v) is 14.5. The number of esters is 1. The number of likely N-dealkylation sites (tertiary alicyclic amines) is 1. The summed E-state index contributed by atoms with van der Waals surface area (Å²) in [5, 5.41) is 5.55. The number of likely N-dealkylation sites (N-methyl/N-ethyl adjacent to an activating group) is 1. The summed E-state index contributed by atoms with van der Waals surface area (Å²) < 4.78 is 16.2. The Morgan fingerprint density at radius 3 is 2.45 bits per heavy atom. The number of hydrogen-bond acceptors (Lipinski definition) is 10. The molecule has 13 nitrogen and oxygen atoms in total. The highest BCUT2D eigenvalue weighted by Crippen LogP contribution is 2.29. The van der Waals surface area contributed by atoms with Gasteiger partial charge in [0.25, 0.3) is 0 Å². The SMILES string of the molecule is CCC(C)C(C(CC(=O)N1CCCC1C(OC)C(C)C(=O)NCC(=O)OC)OC)N(C)C(=O)CNc1nccc(C)n1. The lowest BCUT2D eigenvalue weighted by Gasteiger charge is -2.39. The van der Waals surface area contributed by atoms with Gasteiger partial charge in [-0.2, -0.15) is 0 Å². The van der Waals surface area contributed by atoms with E-state index in [0.29, 0.717) is 18.9 Å². The molecule has 13 heteroatoms. The minimum absolute atomic E-state index is 0.00306. The van der Waals surface area contributed by atoms with Crippen LogP contribution in [0.1, 0.15) is 52.1 Å². The van der Waals surface area contributed by atoms with E-state index in [-0.39, 0.29) is 55.2 Å². The number of anilines is 1. The Balaban J connectivity index is 2.14. The zero-order chi connectivity index (χ0) is 31.4. The van der Waals surface area contributed by atoms with Crippen molar-refractivity contribution in [3.05, 3.63) is 18.0 Å². The molecule has 2 heterocycles. The van der Waals surface area contributed by atoms with Crippen LogP contribution in [0, 0.1) is 18.8 Å². The Labute approximate surface area is 249 Å². The van der Waals surface area contributed by atoms with E-state index in [4.69, 9.17) is 9.47 Å². The third kappa shape index (κ3) is 9.35. The number of carbonyl (C=O) groups is 4.